The van der Waals surface area contributed by atoms with Crippen molar-refractivity contribution in [2.24, 2.45) is 0 Å². The summed E-state index contributed by atoms with van der Waals surface area (Å²) in [5.41, 5.74) is 0.232. The molecule has 1 aromatic rings. The molecule has 1 unspecified atom stereocenters. The highest BCUT2D eigenvalue weighted by Crippen LogP contribution is 2.40. The van der Waals surface area contributed by atoms with Gasteiger partial charge in [-0.1, -0.05) is 0 Å². The zero-order valence-electron chi connectivity index (χ0n) is 11.1. The maximum atomic E-state index is 12.4. The number of fused-ring (bicyclic) bond motifs is 1. The van der Waals surface area contributed by atoms with E-state index >= 15 is 0 Å². The van der Waals surface area contributed by atoms with Crippen LogP contribution in [0.5, 0.6) is 0 Å². The van der Waals surface area contributed by atoms with E-state index in [4.69, 9.17) is 4.74 Å². The van der Waals surface area contributed by atoms with Crippen LogP contribution in [0.15, 0.2) is 10.3 Å². The number of rotatable bonds is 6. The monoisotopic (exact) mass is 355 g/mol. The molecule has 2 rings (SSSR count). The lowest BCUT2D eigenvalue weighted by atomic mass is 10.2. The second kappa shape index (κ2) is 6.69. The van der Waals surface area contributed by atoms with E-state index < -0.39 is 27.4 Å². The Morgan fingerprint density at radius 2 is 2.38 bits per heavy atom. The van der Waals surface area contributed by atoms with Crippen LogP contribution in [-0.2, 0) is 26.0 Å². The second-order valence-corrected chi connectivity index (χ2v) is 8.27. The molecule has 2 N–H and O–H groups in total. The average Bonchev–Trinajstić information content (AvgIpc) is 2.80. The maximum absolute atomic E-state index is 12.4. The van der Waals surface area contributed by atoms with Gasteiger partial charge in [0.15, 0.2) is 0 Å². The van der Waals surface area contributed by atoms with Gasteiger partial charge in [0.05, 0.1) is 6.10 Å². The number of anilines is 1. The number of hydrogen-bond acceptors (Lipinski definition) is 7. The fourth-order valence-electron chi connectivity index (χ4n) is 2.06. The first-order chi connectivity index (χ1) is 9.86. The van der Waals surface area contributed by atoms with Gasteiger partial charge in [-0.15, -0.1) is 11.3 Å². The summed E-state index contributed by atoms with van der Waals surface area (Å²) in [6.07, 6.45) is -0.461. The van der Waals surface area contributed by atoms with Crippen molar-refractivity contribution in [2.45, 2.75) is 16.7 Å². The van der Waals surface area contributed by atoms with Crippen LogP contribution >= 0.6 is 11.3 Å². The van der Waals surface area contributed by atoms with E-state index in [1.807, 2.05) is 0 Å². The lowest BCUT2D eigenvalue weighted by molar-refractivity contribution is 0.131. The summed E-state index contributed by atoms with van der Waals surface area (Å²) in [6.45, 7) is 0.609. The molecule has 2 atom stereocenters. The lowest BCUT2D eigenvalue weighted by Crippen LogP contribution is -2.39. The molecule has 0 spiro atoms. The van der Waals surface area contributed by atoms with Crippen LogP contribution in [0.4, 0.5) is 5.00 Å². The quantitative estimate of drug-likeness (QED) is 0.549. The molecule has 0 saturated carbocycles. The summed E-state index contributed by atoms with van der Waals surface area (Å²) in [4.78, 5) is 0. The predicted octanol–water partition coefficient (Wildman–Crippen LogP) is 0.0283. The Bertz CT molecular complexity index is 629. The fraction of sp³-hybridized carbons (Fsp3) is 0.600. The van der Waals surface area contributed by atoms with Gasteiger partial charge in [-0.2, -0.15) is 4.31 Å². The Balaban J connectivity index is 2.28. The first kappa shape index (κ1) is 16.8. The summed E-state index contributed by atoms with van der Waals surface area (Å²) in [6, 6.07) is 1.35. The highest BCUT2D eigenvalue weighted by atomic mass is 32.2. The molecule has 0 fully saturated rings. The molecule has 0 bridgehead atoms. The number of aliphatic hydroxyl groups excluding tert-OH is 1. The third-order valence-corrected chi connectivity index (χ3v) is 6.95. The topological polar surface area (TPSA) is 119 Å². The number of thiophene rings is 1. The SMILES string of the molecule is COCCCN1C[C@@H](O)c2cc(NS(=O)[O-])sc2S1(=O)=O. The van der Waals surface area contributed by atoms with E-state index in [9.17, 15) is 22.3 Å². The smallest absolute Gasteiger partial charge is 0.253 e. The Hall–Kier alpha value is -0.560. The molecule has 1 aliphatic heterocycles. The van der Waals surface area contributed by atoms with E-state index in [0.29, 0.717) is 13.0 Å². The minimum Gasteiger partial charge on any atom is -0.755 e. The highest BCUT2D eigenvalue weighted by molar-refractivity contribution is 7.91. The Labute approximate surface area is 129 Å². The molecule has 0 amide bonds. The molecular formula is C10H15N2O6S3-. The molecule has 2 heterocycles. The third kappa shape index (κ3) is 3.62. The molecule has 120 valence electrons. The fourth-order valence-corrected chi connectivity index (χ4v) is 5.79. The number of hydrogen-bond donors (Lipinski definition) is 2. The molecule has 1 aliphatic rings. The number of nitrogens with zero attached hydrogens (tertiary/aromatic N) is 1. The number of β-amino-alcohol motifs (C(OH)–C–C–N with tert-alkyl or cyclic N) is 1. The highest BCUT2D eigenvalue weighted by Gasteiger charge is 2.38. The predicted molar refractivity (Wildman–Crippen MR) is 77.1 cm³/mol. The van der Waals surface area contributed by atoms with Crippen molar-refractivity contribution in [3.63, 3.8) is 0 Å². The van der Waals surface area contributed by atoms with Gasteiger partial charge in [0.2, 0.25) is 0 Å². The van der Waals surface area contributed by atoms with Crippen LogP contribution < -0.4 is 4.72 Å². The van der Waals surface area contributed by atoms with Gasteiger partial charge in [0.1, 0.15) is 9.21 Å². The van der Waals surface area contributed by atoms with Crippen molar-refractivity contribution < 1.29 is 27.0 Å². The zero-order chi connectivity index (χ0) is 15.6. The van der Waals surface area contributed by atoms with Gasteiger partial charge in [-0.3, -0.25) is 4.21 Å². The minimum absolute atomic E-state index is 0.0217. The van der Waals surface area contributed by atoms with E-state index in [1.54, 1.807) is 0 Å². The van der Waals surface area contributed by atoms with Crippen molar-refractivity contribution in [1.29, 1.82) is 0 Å². The standard InChI is InChI=1S/C10H16N2O6S3/c1-18-4-2-3-12-6-8(13)7-5-9(11-20(14)15)19-10(7)21(12,16)17/h5,8,11,13H,2-4,6H2,1H3,(H,14,15)/p-1/t8-/m1/s1. The zero-order valence-corrected chi connectivity index (χ0v) is 13.6. The van der Waals surface area contributed by atoms with Crippen LogP contribution in [0, 0.1) is 0 Å². The van der Waals surface area contributed by atoms with Crippen LogP contribution in [0.2, 0.25) is 0 Å². The van der Waals surface area contributed by atoms with Gasteiger partial charge >= 0.3 is 0 Å². The number of ether oxygens (including phenoxy) is 1. The lowest BCUT2D eigenvalue weighted by Gasteiger charge is -2.29. The van der Waals surface area contributed by atoms with Crippen molar-refractivity contribution in [3.05, 3.63) is 11.6 Å². The first-order valence-electron chi connectivity index (χ1n) is 6.03. The number of nitrogens with one attached hydrogen (secondary N) is 1. The molecule has 8 nitrogen and oxygen atoms in total. The van der Waals surface area contributed by atoms with E-state index in [-0.39, 0.29) is 27.9 Å². The summed E-state index contributed by atoms with van der Waals surface area (Å²) in [7, 11) is -2.19. The van der Waals surface area contributed by atoms with Crippen LogP contribution in [0.3, 0.4) is 0 Å². The Morgan fingerprint density at radius 1 is 1.67 bits per heavy atom. The molecule has 0 saturated heterocycles. The molecule has 1 aromatic heterocycles. The van der Waals surface area contributed by atoms with E-state index in [2.05, 4.69) is 4.72 Å². The van der Waals surface area contributed by atoms with Gasteiger partial charge in [0.25, 0.3) is 10.0 Å². The van der Waals surface area contributed by atoms with Gasteiger partial charge in [-0.05, 0) is 12.5 Å². The summed E-state index contributed by atoms with van der Waals surface area (Å²) >= 11 is -1.75. The van der Waals surface area contributed by atoms with Crippen molar-refractivity contribution >= 4 is 37.6 Å². The van der Waals surface area contributed by atoms with Gasteiger partial charge < -0.3 is 19.1 Å². The van der Waals surface area contributed by atoms with E-state index in [1.165, 1.54) is 17.5 Å². The Morgan fingerprint density at radius 3 is 3.00 bits per heavy atom. The Kier molecular flexibility index (Phi) is 5.35. The summed E-state index contributed by atoms with van der Waals surface area (Å²) in [5, 5.41) is 10.2. The van der Waals surface area contributed by atoms with Crippen LogP contribution in [0.25, 0.3) is 0 Å². The summed E-state index contributed by atoms with van der Waals surface area (Å²) in [5.74, 6) is 0. The molecule has 0 aliphatic carbocycles. The van der Waals surface area contributed by atoms with Crippen LogP contribution in [-0.4, -0.2) is 53.4 Å². The van der Waals surface area contributed by atoms with Gasteiger partial charge in [-0.25, -0.2) is 8.42 Å². The number of sulfonamides is 1. The van der Waals surface area contributed by atoms with Gasteiger partial charge in [0, 0.05) is 43.6 Å². The van der Waals surface area contributed by atoms with Crippen molar-refractivity contribution in [2.75, 3.05) is 31.5 Å². The third-order valence-electron chi connectivity index (χ3n) is 2.97. The van der Waals surface area contributed by atoms with Crippen LogP contribution in [0.1, 0.15) is 18.1 Å². The average molecular weight is 355 g/mol. The largest absolute Gasteiger partial charge is 0.755 e. The van der Waals surface area contributed by atoms with Crippen molar-refractivity contribution in [1.82, 2.24) is 4.31 Å². The van der Waals surface area contributed by atoms with E-state index in [0.717, 1.165) is 11.3 Å². The second-order valence-electron chi connectivity index (χ2n) is 4.42. The molecule has 21 heavy (non-hydrogen) atoms. The van der Waals surface area contributed by atoms with Crippen molar-refractivity contribution in [3.8, 4) is 0 Å². The first-order valence-corrected chi connectivity index (χ1v) is 9.36. The number of methoxy groups -OCH3 is 1. The molecule has 0 aromatic carbocycles. The summed E-state index contributed by atoms with van der Waals surface area (Å²) < 4.78 is 54.3. The molecule has 11 heteroatoms. The minimum atomic E-state index is -3.72. The molecule has 0 radical (unpaired) electrons. The maximum Gasteiger partial charge on any atom is 0.253 e. The molecular weight excluding hydrogens is 340 g/mol. The normalized spacial score (nSPS) is 22.7. The number of aliphatic hydroxyl groups is 1.